The van der Waals surface area contributed by atoms with Gasteiger partial charge in [-0.2, -0.15) is 0 Å². The zero-order chi connectivity index (χ0) is 26.0. The third-order valence-electron chi connectivity index (χ3n) is 6.75. The number of benzene rings is 5. The highest BCUT2D eigenvalue weighted by atomic mass is 16.3. The van der Waals surface area contributed by atoms with Gasteiger partial charge in [-0.1, -0.05) is 109 Å². The van der Waals surface area contributed by atoms with Crippen molar-refractivity contribution < 1.29 is 4.42 Å². The van der Waals surface area contributed by atoms with Crippen molar-refractivity contribution in [3.63, 3.8) is 0 Å². The van der Waals surface area contributed by atoms with Crippen LogP contribution in [0.15, 0.2) is 144 Å². The van der Waals surface area contributed by atoms with Gasteiger partial charge in [-0.25, -0.2) is 15.0 Å². The van der Waals surface area contributed by atoms with Crippen LogP contribution in [0.25, 0.3) is 67.6 Å². The second-order valence-electron chi connectivity index (χ2n) is 9.31. The van der Waals surface area contributed by atoms with Gasteiger partial charge in [-0.05, 0) is 41.5 Å². The number of oxazole rings is 1. The molecule has 0 atom stereocenters. The SMILES string of the molecule is c1ccc(-c2cc(-c3ccccc3)nc(-c3ccccc3-c3ccc4oc(-c5ccccc5)nc4c3)n2)cc1. The first-order chi connectivity index (χ1) is 19.3. The largest absolute Gasteiger partial charge is 0.436 e. The van der Waals surface area contributed by atoms with E-state index in [1.807, 2.05) is 84.9 Å². The molecule has 0 aliphatic rings. The molecule has 39 heavy (non-hydrogen) atoms. The van der Waals surface area contributed by atoms with Crippen LogP contribution in [0.5, 0.6) is 0 Å². The van der Waals surface area contributed by atoms with E-state index in [4.69, 9.17) is 19.4 Å². The van der Waals surface area contributed by atoms with Crippen LogP contribution in [0.4, 0.5) is 0 Å². The molecule has 0 N–H and O–H groups in total. The Hall–Kier alpha value is -5.35. The van der Waals surface area contributed by atoms with Crippen LogP contribution in [0.3, 0.4) is 0 Å². The van der Waals surface area contributed by atoms with Crippen molar-refractivity contribution in [3.05, 3.63) is 140 Å². The fraction of sp³-hybridized carbons (Fsp3) is 0. The highest BCUT2D eigenvalue weighted by molar-refractivity contribution is 5.88. The van der Waals surface area contributed by atoms with Gasteiger partial charge < -0.3 is 4.42 Å². The molecule has 0 spiro atoms. The van der Waals surface area contributed by atoms with Gasteiger partial charge in [0.25, 0.3) is 0 Å². The van der Waals surface area contributed by atoms with E-state index >= 15 is 0 Å². The highest BCUT2D eigenvalue weighted by Crippen LogP contribution is 2.35. The van der Waals surface area contributed by atoms with Gasteiger partial charge in [-0.15, -0.1) is 0 Å². The van der Waals surface area contributed by atoms with Crippen LogP contribution in [0.1, 0.15) is 0 Å². The monoisotopic (exact) mass is 501 g/mol. The van der Waals surface area contributed by atoms with Gasteiger partial charge in [0, 0.05) is 22.3 Å². The molecule has 2 aromatic heterocycles. The number of fused-ring (bicyclic) bond motifs is 1. The van der Waals surface area contributed by atoms with Gasteiger partial charge in [0.15, 0.2) is 11.4 Å². The summed E-state index contributed by atoms with van der Waals surface area (Å²) in [6.45, 7) is 0. The predicted octanol–water partition coefficient (Wildman–Crippen LogP) is 8.95. The van der Waals surface area contributed by atoms with Gasteiger partial charge in [0.05, 0.1) is 11.4 Å². The van der Waals surface area contributed by atoms with E-state index in [0.29, 0.717) is 11.7 Å². The summed E-state index contributed by atoms with van der Waals surface area (Å²) in [5.74, 6) is 1.29. The summed E-state index contributed by atoms with van der Waals surface area (Å²) in [5.41, 5.74) is 9.40. The molecule has 0 amide bonds. The number of aromatic nitrogens is 3. The number of rotatable bonds is 5. The van der Waals surface area contributed by atoms with Crippen molar-refractivity contribution in [2.45, 2.75) is 0 Å². The Balaban J connectivity index is 1.37. The van der Waals surface area contributed by atoms with Crippen LogP contribution < -0.4 is 0 Å². The zero-order valence-electron chi connectivity index (χ0n) is 21.0. The van der Waals surface area contributed by atoms with Crippen LogP contribution in [-0.2, 0) is 0 Å². The fourth-order valence-corrected chi connectivity index (χ4v) is 4.81. The lowest BCUT2D eigenvalue weighted by Crippen LogP contribution is -1.97. The molecule has 0 aliphatic carbocycles. The van der Waals surface area contributed by atoms with Gasteiger partial charge in [0.2, 0.25) is 5.89 Å². The standard InChI is InChI=1S/C35H23N3O/c1-4-12-24(13-5-1)30-23-31(25-14-6-2-7-15-25)37-34(36-30)29-19-11-10-18-28(29)27-20-21-33-32(22-27)38-35(39-33)26-16-8-3-9-17-26/h1-23H. The Kier molecular flexibility index (Phi) is 5.76. The van der Waals surface area contributed by atoms with Crippen molar-refractivity contribution in [3.8, 4) is 56.5 Å². The van der Waals surface area contributed by atoms with Crippen molar-refractivity contribution in [2.75, 3.05) is 0 Å². The molecule has 7 rings (SSSR count). The Morgan fingerprint density at radius 2 is 0.949 bits per heavy atom. The topological polar surface area (TPSA) is 51.8 Å². The minimum absolute atomic E-state index is 0.613. The van der Waals surface area contributed by atoms with E-state index in [2.05, 4.69) is 54.6 Å². The average Bonchev–Trinajstić information content (AvgIpc) is 3.46. The predicted molar refractivity (Wildman–Crippen MR) is 157 cm³/mol. The van der Waals surface area contributed by atoms with Crippen LogP contribution in [0, 0.1) is 0 Å². The van der Waals surface area contributed by atoms with E-state index in [9.17, 15) is 0 Å². The summed E-state index contributed by atoms with van der Waals surface area (Å²) in [6.07, 6.45) is 0. The highest BCUT2D eigenvalue weighted by Gasteiger charge is 2.16. The van der Waals surface area contributed by atoms with Crippen LogP contribution >= 0.6 is 0 Å². The molecule has 0 bridgehead atoms. The second kappa shape index (κ2) is 9.84. The molecule has 184 valence electrons. The van der Waals surface area contributed by atoms with E-state index in [0.717, 1.165) is 55.9 Å². The van der Waals surface area contributed by atoms with Crippen molar-refractivity contribution >= 4 is 11.1 Å². The Labute approximate surface area is 226 Å². The summed E-state index contributed by atoms with van der Waals surface area (Å²) in [4.78, 5) is 14.9. The molecule has 0 saturated heterocycles. The number of hydrogen-bond donors (Lipinski definition) is 0. The maximum Gasteiger partial charge on any atom is 0.227 e. The van der Waals surface area contributed by atoms with Crippen molar-refractivity contribution in [2.24, 2.45) is 0 Å². The Morgan fingerprint density at radius 3 is 1.56 bits per heavy atom. The maximum atomic E-state index is 6.05. The quantitative estimate of drug-likeness (QED) is 0.236. The Morgan fingerprint density at radius 1 is 0.410 bits per heavy atom. The van der Waals surface area contributed by atoms with E-state index < -0.39 is 0 Å². The fourth-order valence-electron chi connectivity index (χ4n) is 4.81. The number of nitrogens with zero attached hydrogens (tertiary/aromatic N) is 3. The van der Waals surface area contributed by atoms with Gasteiger partial charge >= 0.3 is 0 Å². The summed E-state index contributed by atoms with van der Waals surface area (Å²) in [7, 11) is 0. The average molecular weight is 502 g/mol. The first kappa shape index (κ1) is 22.8. The lowest BCUT2D eigenvalue weighted by atomic mass is 9.98. The third-order valence-corrected chi connectivity index (χ3v) is 6.75. The molecule has 0 aliphatic heterocycles. The molecular weight excluding hydrogens is 478 g/mol. The molecule has 2 heterocycles. The second-order valence-corrected chi connectivity index (χ2v) is 9.31. The molecule has 0 fully saturated rings. The normalized spacial score (nSPS) is 11.1. The molecule has 0 radical (unpaired) electrons. The first-order valence-corrected chi connectivity index (χ1v) is 12.9. The van der Waals surface area contributed by atoms with E-state index in [1.54, 1.807) is 0 Å². The summed E-state index contributed by atoms with van der Waals surface area (Å²) in [6, 6.07) is 46.9. The minimum Gasteiger partial charge on any atom is -0.436 e. The molecule has 5 aromatic carbocycles. The number of hydrogen-bond acceptors (Lipinski definition) is 4. The van der Waals surface area contributed by atoms with Gasteiger partial charge in [0.1, 0.15) is 5.52 Å². The first-order valence-electron chi connectivity index (χ1n) is 12.9. The van der Waals surface area contributed by atoms with Crippen molar-refractivity contribution in [1.29, 1.82) is 0 Å². The molecule has 4 nitrogen and oxygen atoms in total. The summed E-state index contributed by atoms with van der Waals surface area (Å²) in [5, 5.41) is 0. The van der Waals surface area contributed by atoms with Crippen molar-refractivity contribution in [1.82, 2.24) is 15.0 Å². The summed E-state index contributed by atoms with van der Waals surface area (Å²) >= 11 is 0. The van der Waals surface area contributed by atoms with E-state index in [-0.39, 0.29) is 0 Å². The molecule has 0 unspecified atom stereocenters. The minimum atomic E-state index is 0.613. The smallest absolute Gasteiger partial charge is 0.227 e. The zero-order valence-corrected chi connectivity index (χ0v) is 21.0. The van der Waals surface area contributed by atoms with E-state index in [1.165, 1.54) is 0 Å². The summed E-state index contributed by atoms with van der Waals surface area (Å²) < 4.78 is 6.05. The lowest BCUT2D eigenvalue weighted by molar-refractivity contribution is 0.620. The molecular formula is C35H23N3O. The maximum absolute atomic E-state index is 6.05. The molecule has 7 aromatic rings. The molecule has 4 heteroatoms. The van der Waals surface area contributed by atoms with Gasteiger partial charge in [-0.3, -0.25) is 0 Å². The van der Waals surface area contributed by atoms with Crippen LogP contribution in [-0.4, -0.2) is 15.0 Å². The lowest BCUT2D eigenvalue weighted by Gasteiger charge is -2.12. The molecule has 0 saturated carbocycles. The Bertz CT molecular complexity index is 1840. The third kappa shape index (κ3) is 4.49. The van der Waals surface area contributed by atoms with Crippen LogP contribution in [0.2, 0.25) is 0 Å².